The monoisotopic (exact) mass is 482 g/mol. The molecule has 0 bridgehead atoms. The smallest absolute Gasteiger partial charge is 0.276 e. The fourth-order valence-corrected chi connectivity index (χ4v) is 4.22. The Morgan fingerprint density at radius 3 is 2.35 bits per heavy atom. The van der Waals surface area contributed by atoms with E-state index in [1.807, 2.05) is 30.7 Å². The first-order valence-electron chi connectivity index (χ1n) is 11.5. The Labute approximate surface area is 204 Å². The molecule has 3 aromatic rings. The van der Waals surface area contributed by atoms with Crippen LogP contribution in [0.1, 0.15) is 80.1 Å². The molecule has 180 valence electrons. The number of amides is 2. The quantitative estimate of drug-likeness (QED) is 0.489. The molecule has 2 aromatic heterocycles. The van der Waals surface area contributed by atoms with Crippen molar-refractivity contribution in [1.29, 1.82) is 0 Å². The zero-order chi connectivity index (χ0) is 24.8. The van der Waals surface area contributed by atoms with Crippen molar-refractivity contribution in [3.05, 3.63) is 58.1 Å². The Balaban J connectivity index is 1.46. The van der Waals surface area contributed by atoms with Crippen LogP contribution < -0.4 is 10.6 Å². The molecule has 1 aliphatic carbocycles. The maximum atomic E-state index is 12.9. The second kappa shape index (κ2) is 8.91. The molecule has 1 saturated carbocycles. The lowest BCUT2D eigenvalue weighted by atomic mass is 10.1. The number of aryl methyl sites for hydroxylation is 2. The fourth-order valence-electron chi connectivity index (χ4n) is 3.99. The molecular formula is C25H31ClN6O2. The van der Waals surface area contributed by atoms with Crippen LogP contribution in [0.15, 0.2) is 30.3 Å². The third-order valence-corrected chi connectivity index (χ3v) is 6.19. The zero-order valence-electron chi connectivity index (χ0n) is 20.4. The number of halogens is 1. The van der Waals surface area contributed by atoms with Gasteiger partial charge >= 0.3 is 0 Å². The van der Waals surface area contributed by atoms with Gasteiger partial charge in [0.25, 0.3) is 5.91 Å². The van der Waals surface area contributed by atoms with Crippen LogP contribution in [0, 0.1) is 13.8 Å². The first-order chi connectivity index (χ1) is 15.9. The molecule has 1 atom stereocenters. The van der Waals surface area contributed by atoms with E-state index >= 15 is 0 Å². The van der Waals surface area contributed by atoms with E-state index in [9.17, 15) is 9.59 Å². The van der Waals surface area contributed by atoms with Gasteiger partial charge in [0, 0.05) is 23.0 Å². The molecule has 0 radical (unpaired) electrons. The summed E-state index contributed by atoms with van der Waals surface area (Å²) in [5.41, 5.74) is 4.03. The normalized spacial score (nSPS) is 14.7. The van der Waals surface area contributed by atoms with Crippen LogP contribution in [0.5, 0.6) is 0 Å². The van der Waals surface area contributed by atoms with Gasteiger partial charge in [-0.1, -0.05) is 11.6 Å². The molecule has 0 saturated heterocycles. The topological polar surface area (TPSA) is 93.8 Å². The van der Waals surface area contributed by atoms with E-state index in [4.69, 9.17) is 11.6 Å². The maximum Gasteiger partial charge on any atom is 0.276 e. The van der Waals surface area contributed by atoms with Gasteiger partial charge in [-0.25, -0.2) is 0 Å². The minimum absolute atomic E-state index is 0.204. The van der Waals surface area contributed by atoms with Gasteiger partial charge in [-0.2, -0.15) is 10.2 Å². The molecule has 2 amide bonds. The second-order valence-electron chi connectivity index (χ2n) is 10.00. The minimum atomic E-state index is -0.497. The lowest BCUT2D eigenvalue weighted by Gasteiger charge is -2.22. The van der Waals surface area contributed by atoms with E-state index < -0.39 is 6.04 Å². The lowest BCUT2D eigenvalue weighted by molar-refractivity contribution is -0.119. The average Bonchev–Trinajstić information content (AvgIpc) is 3.39. The van der Waals surface area contributed by atoms with E-state index in [1.54, 1.807) is 29.8 Å². The summed E-state index contributed by atoms with van der Waals surface area (Å²) >= 11 is 6.42. The van der Waals surface area contributed by atoms with Crippen molar-refractivity contribution in [2.24, 2.45) is 0 Å². The Hall–Kier alpha value is -3.13. The van der Waals surface area contributed by atoms with Crippen molar-refractivity contribution in [3.63, 3.8) is 0 Å². The van der Waals surface area contributed by atoms with Gasteiger partial charge in [-0.05, 0) is 84.7 Å². The first-order valence-corrected chi connectivity index (χ1v) is 11.9. The summed E-state index contributed by atoms with van der Waals surface area (Å²) < 4.78 is 3.63. The van der Waals surface area contributed by atoms with Crippen LogP contribution in [0.2, 0.25) is 5.02 Å². The molecular weight excluding hydrogens is 452 g/mol. The molecule has 0 aliphatic heterocycles. The van der Waals surface area contributed by atoms with Crippen molar-refractivity contribution in [2.45, 2.75) is 71.9 Å². The number of hydrogen-bond donors (Lipinski definition) is 2. The van der Waals surface area contributed by atoms with Crippen molar-refractivity contribution in [3.8, 4) is 0 Å². The maximum absolute atomic E-state index is 12.9. The van der Waals surface area contributed by atoms with Gasteiger partial charge in [0.05, 0.1) is 21.9 Å². The van der Waals surface area contributed by atoms with Crippen LogP contribution in [0.4, 0.5) is 11.4 Å². The van der Waals surface area contributed by atoms with Gasteiger partial charge in [-0.3, -0.25) is 19.0 Å². The summed E-state index contributed by atoms with van der Waals surface area (Å²) in [5.74, 6) is -0.0523. The summed E-state index contributed by atoms with van der Waals surface area (Å²) in [7, 11) is 0. The number of anilines is 2. The van der Waals surface area contributed by atoms with Gasteiger partial charge in [-0.15, -0.1) is 0 Å². The highest BCUT2D eigenvalue weighted by Gasteiger charge is 2.32. The Morgan fingerprint density at radius 1 is 1.09 bits per heavy atom. The molecule has 34 heavy (non-hydrogen) atoms. The van der Waals surface area contributed by atoms with Crippen molar-refractivity contribution in [1.82, 2.24) is 19.6 Å². The zero-order valence-corrected chi connectivity index (χ0v) is 21.2. The summed E-state index contributed by atoms with van der Waals surface area (Å²) in [6.45, 7) is 11.8. The number of rotatable bonds is 6. The number of nitrogens with one attached hydrogen (secondary N) is 2. The number of carbonyl (C=O) groups is 2. The minimum Gasteiger partial charge on any atom is -0.323 e. The van der Waals surface area contributed by atoms with Crippen molar-refractivity contribution < 1.29 is 9.59 Å². The Morgan fingerprint density at radius 2 is 1.79 bits per heavy atom. The summed E-state index contributed by atoms with van der Waals surface area (Å²) in [6, 6.07) is 8.30. The third kappa shape index (κ3) is 5.01. The van der Waals surface area contributed by atoms with E-state index in [1.165, 1.54) is 0 Å². The van der Waals surface area contributed by atoms with Crippen LogP contribution in [-0.4, -0.2) is 31.4 Å². The number of carbonyl (C=O) groups excluding carboxylic acids is 2. The number of aromatic nitrogens is 4. The summed E-state index contributed by atoms with van der Waals surface area (Å²) in [4.78, 5) is 25.6. The molecule has 0 spiro atoms. The standard InChI is InChI=1S/C25H31ClN6O2/c1-14-11-15(2)31(29-14)16(3)23(33)28-20-10-9-18(12-19(20)26)27-24(34)21-13-22(17-7-8-17)32(30-21)25(4,5)6/h9-13,16-17H,7-8H2,1-6H3,(H,27,34)(H,28,33). The highest BCUT2D eigenvalue weighted by molar-refractivity contribution is 6.34. The molecule has 1 fully saturated rings. The van der Waals surface area contributed by atoms with Gasteiger partial charge in [0.2, 0.25) is 5.91 Å². The number of hydrogen-bond acceptors (Lipinski definition) is 4. The first kappa shape index (κ1) is 24.0. The predicted molar refractivity (Wildman–Crippen MR) is 134 cm³/mol. The fraction of sp³-hybridized carbons (Fsp3) is 0.440. The summed E-state index contributed by atoms with van der Waals surface area (Å²) in [6.07, 6.45) is 2.26. The molecule has 1 unspecified atom stereocenters. The van der Waals surface area contributed by atoms with Crippen LogP contribution >= 0.6 is 11.6 Å². The second-order valence-corrected chi connectivity index (χ2v) is 10.4. The highest BCUT2D eigenvalue weighted by atomic mass is 35.5. The lowest BCUT2D eigenvalue weighted by Crippen LogP contribution is -2.26. The largest absolute Gasteiger partial charge is 0.323 e. The number of benzene rings is 1. The van der Waals surface area contributed by atoms with Crippen LogP contribution in [0.3, 0.4) is 0 Å². The average molecular weight is 483 g/mol. The van der Waals surface area contributed by atoms with Crippen LogP contribution in [-0.2, 0) is 10.3 Å². The van der Waals surface area contributed by atoms with Crippen molar-refractivity contribution in [2.75, 3.05) is 10.6 Å². The Kier molecular flexibility index (Phi) is 6.29. The molecule has 1 aromatic carbocycles. The third-order valence-electron chi connectivity index (χ3n) is 5.88. The predicted octanol–water partition coefficient (Wildman–Crippen LogP) is 5.43. The molecule has 9 heteroatoms. The number of nitrogens with zero attached hydrogens (tertiary/aromatic N) is 4. The van der Waals surface area contributed by atoms with E-state index in [0.29, 0.717) is 28.0 Å². The van der Waals surface area contributed by atoms with E-state index in [0.717, 1.165) is 29.9 Å². The summed E-state index contributed by atoms with van der Waals surface area (Å²) in [5, 5.41) is 15.0. The highest BCUT2D eigenvalue weighted by Crippen LogP contribution is 2.41. The molecule has 4 rings (SSSR count). The molecule has 2 heterocycles. The molecule has 1 aliphatic rings. The van der Waals surface area contributed by atoms with E-state index in [-0.39, 0.29) is 17.4 Å². The van der Waals surface area contributed by atoms with E-state index in [2.05, 4.69) is 41.6 Å². The molecule has 2 N–H and O–H groups in total. The van der Waals surface area contributed by atoms with Gasteiger partial charge in [0.15, 0.2) is 5.69 Å². The van der Waals surface area contributed by atoms with Crippen molar-refractivity contribution >= 4 is 34.8 Å². The van der Waals surface area contributed by atoms with Gasteiger partial charge in [0.1, 0.15) is 6.04 Å². The Bertz CT molecular complexity index is 1250. The van der Waals surface area contributed by atoms with Gasteiger partial charge < -0.3 is 10.6 Å². The SMILES string of the molecule is Cc1cc(C)n(C(C)C(=O)Nc2ccc(NC(=O)c3cc(C4CC4)n(C(C)(C)C)n3)cc2Cl)n1. The van der Waals surface area contributed by atoms with Crippen LogP contribution in [0.25, 0.3) is 0 Å². The molecule has 8 nitrogen and oxygen atoms in total.